The van der Waals surface area contributed by atoms with Crippen molar-refractivity contribution in [2.45, 2.75) is 43.6 Å². The average molecular weight is 373 g/mol. The molecule has 0 saturated heterocycles. The summed E-state index contributed by atoms with van der Waals surface area (Å²) in [7, 11) is 1.61. The molecule has 26 heavy (non-hydrogen) atoms. The number of hydrogen-bond donors (Lipinski definition) is 2. The fourth-order valence-electron chi connectivity index (χ4n) is 2.05. The van der Waals surface area contributed by atoms with Crippen LogP contribution in [0.5, 0.6) is 5.75 Å². The summed E-state index contributed by atoms with van der Waals surface area (Å²) in [6.45, 7) is 7.29. The van der Waals surface area contributed by atoms with Crippen molar-refractivity contribution in [1.82, 2.24) is 20.5 Å². The molecule has 0 aliphatic heterocycles. The molecule has 2 N–H and O–H groups in total. The van der Waals surface area contributed by atoms with Crippen LogP contribution in [0.1, 0.15) is 27.7 Å². The van der Waals surface area contributed by atoms with Gasteiger partial charge in [-0.25, -0.2) is 4.98 Å². The molecule has 7 nitrogen and oxygen atoms in total. The van der Waals surface area contributed by atoms with E-state index in [1.54, 1.807) is 21.0 Å². The Bertz CT molecular complexity index is 797. The summed E-state index contributed by atoms with van der Waals surface area (Å²) in [5.41, 5.74) is -0.0294. The largest absolute Gasteiger partial charge is 0.497 e. The van der Waals surface area contributed by atoms with Gasteiger partial charge in [-0.3, -0.25) is 9.89 Å². The first-order valence-corrected chi connectivity index (χ1v) is 9.13. The molecule has 0 unspecified atom stereocenters. The third kappa shape index (κ3) is 4.55. The first kappa shape index (κ1) is 19.8. The first-order chi connectivity index (χ1) is 12.3. The van der Waals surface area contributed by atoms with Crippen LogP contribution in [-0.4, -0.2) is 39.0 Å². The number of thioether (sulfide) groups is 1. The lowest BCUT2D eigenvalue weighted by atomic mass is 9.90. The van der Waals surface area contributed by atoms with Crippen molar-refractivity contribution in [3.8, 4) is 23.2 Å². The number of ether oxygens (including phenoxy) is 1. The minimum atomic E-state index is -0.904. The van der Waals surface area contributed by atoms with E-state index in [2.05, 4.69) is 26.6 Å². The van der Waals surface area contributed by atoms with Crippen molar-refractivity contribution in [3.63, 3.8) is 0 Å². The predicted molar refractivity (Wildman–Crippen MR) is 101 cm³/mol. The molecule has 1 amide bonds. The zero-order valence-corrected chi connectivity index (χ0v) is 16.3. The van der Waals surface area contributed by atoms with Gasteiger partial charge in [0.2, 0.25) is 11.1 Å². The van der Waals surface area contributed by atoms with E-state index in [1.165, 1.54) is 11.8 Å². The van der Waals surface area contributed by atoms with Crippen LogP contribution in [0, 0.1) is 17.2 Å². The Balaban J connectivity index is 2.03. The maximum absolute atomic E-state index is 12.4. The van der Waals surface area contributed by atoms with E-state index >= 15 is 0 Å². The van der Waals surface area contributed by atoms with Gasteiger partial charge in [0.05, 0.1) is 18.4 Å². The van der Waals surface area contributed by atoms with E-state index < -0.39 is 10.8 Å². The number of nitrogens with one attached hydrogen (secondary N) is 2. The quantitative estimate of drug-likeness (QED) is 0.723. The lowest BCUT2D eigenvalue weighted by Gasteiger charge is -2.28. The van der Waals surface area contributed by atoms with E-state index in [1.807, 2.05) is 38.1 Å². The van der Waals surface area contributed by atoms with E-state index in [0.29, 0.717) is 11.0 Å². The van der Waals surface area contributed by atoms with Gasteiger partial charge in [-0.2, -0.15) is 5.26 Å². The van der Waals surface area contributed by atoms with Crippen LogP contribution in [0.3, 0.4) is 0 Å². The maximum atomic E-state index is 12.4. The van der Waals surface area contributed by atoms with Crippen molar-refractivity contribution >= 4 is 17.7 Å². The van der Waals surface area contributed by atoms with Gasteiger partial charge in [0.25, 0.3) is 0 Å². The van der Waals surface area contributed by atoms with E-state index in [4.69, 9.17) is 4.74 Å². The van der Waals surface area contributed by atoms with Gasteiger partial charge in [-0.1, -0.05) is 25.6 Å². The van der Waals surface area contributed by atoms with Crippen molar-refractivity contribution in [2.75, 3.05) is 7.11 Å². The summed E-state index contributed by atoms with van der Waals surface area (Å²) in [4.78, 5) is 16.8. The third-order valence-electron chi connectivity index (χ3n) is 4.25. The van der Waals surface area contributed by atoms with Gasteiger partial charge < -0.3 is 10.1 Å². The molecule has 0 radical (unpaired) electrons. The standard InChI is InChI=1S/C18H23N5O2S/c1-11(2)18(4,10-19)21-16(24)12(3)26-17-20-15(22-23-17)13-6-8-14(25-5)9-7-13/h6-9,11-12H,1-5H3,(H,21,24)(H,20,22,23)/t12-,18-/m0/s1. The molecule has 2 aromatic rings. The lowest BCUT2D eigenvalue weighted by Crippen LogP contribution is -2.51. The number of amides is 1. The Morgan fingerprint density at radius 2 is 2.00 bits per heavy atom. The number of carbonyl (C=O) groups excluding carboxylic acids is 1. The van der Waals surface area contributed by atoms with Crippen LogP contribution in [-0.2, 0) is 4.79 Å². The van der Waals surface area contributed by atoms with Gasteiger partial charge in [0.1, 0.15) is 11.3 Å². The zero-order chi connectivity index (χ0) is 19.3. The topological polar surface area (TPSA) is 104 Å². The van der Waals surface area contributed by atoms with Crippen LogP contribution in [0.4, 0.5) is 0 Å². The fourth-order valence-corrected chi connectivity index (χ4v) is 2.77. The van der Waals surface area contributed by atoms with E-state index in [0.717, 1.165) is 11.3 Å². The summed E-state index contributed by atoms with van der Waals surface area (Å²) in [5.74, 6) is 1.16. The molecule has 2 atom stereocenters. The highest BCUT2D eigenvalue weighted by molar-refractivity contribution is 8.00. The Morgan fingerprint density at radius 3 is 2.54 bits per heavy atom. The molecule has 0 fully saturated rings. The Labute approximate surface area is 157 Å². The minimum Gasteiger partial charge on any atom is -0.497 e. The second-order valence-corrected chi connectivity index (χ2v) is 7.72. The maximum Gasteiger partial charge on any atom is 0.234 e. The second-order valence-electron chi connectivity index (χ2n) is 6.41. The number of rotatable bonds is 7. The molecule has 1 heterocycles. The van der Waals surface area contributed by atoms with Gasteiger partial charge >= 0.3 is 0 Å². The van der Waals surface area contributed by atoms with Crippen molar-refractivity contribution in [2.24, 2.45) is 5.92 Å². The smallest absolute Gasteiger partial charge is 0.234 e. The number of H-pyrrole nitrogens is 1. The molecular weight excluding hydrogens is 350 g/mol. The van der Waals surface area contributed by atoms with Crippen molar-refractivity contribution in [3.05, 3.63) is 24.3 Å². The number of benzene rings is 1. The molecule has 2 rings (SSSR count). The zero-order valence-electron chi connectivity index (χ0n) is 15.5. The van der Waals surface area contributed by atoms with E-state index in [9.17, 15) is 10.1 Å². The molecule has 1 aromatic heterocycles. The minimum absolute atomic E-state index is 0.00108. The number of aromatic nitrogens is 3. The highest BCUT2D eigenvalue weighted by Gasteiger charge is 2.32. The molecule has 0 aliphatic carbocycles. The monoisotopic (exact) mass is 373 g/mol. The Hall–Kier alpha value is -2.53. The number of nitriles is 1. The van der Waals surface area contributed by atoms with Gasteiger partial charge in [-0.15, -0.1) is 5.10 Å². The first-order valence-electron chi connectivity index (χ1n) is 8.26. The van der Waals surface area contributed by atoms with Gasteiger partial charge in [0.15, 0.2) is 5.82 Å². The average Bonchev–Trinajstić information content (AvgIpc) is 3.09. The van der Waals surface area contributed by atoms with Crippen LogP contribution in [0.25, 0.3) is 11.4 Å². The molecular formula is C18H23N5O2S. The summed E-state index contributed by atoms with van der Waals surface area (Å²) in [5, 5.41) is 19.2. The van der Waals surface area contributed by atoms with Crippen LogP contribution < -0.4 is 10.1 Å². The molecule has 0 spiro atoms. The summed E-state index contributed by atoms with van der Waals surface area (Å²) in [6, 6.07) is 9.62. The highest BCUT2D eigenvalue weighted by atomic mass is 32.2. The molecule has 1 aromatic carbocycles. The predicted octanol–water partition coefficient (Wildman–Crippen LogP) is 3.02. The number of methoxy groups -OCH3 is 1. The van der Waals surface area contributed by atoms with E-state index in [-0.39, 0.29) is 11.8 Å². The van der Waals surface area contributed by atoms with Crippen LogP contribution in [0.2, 0.25) is 0 Å². The Kier molecular flexibility index (Phi) is 6.27. The lowest BCUT2D eigenvalue weighted by molar-refractivity contribution is -0.121. The van der Waals surface area contributed by atoms with Crippen molar-refractivity contribution in [1.29, 1.82) is 5.26 Å². The van der Waals surface area contributed by atoms with Crippen molar-refractivity contribution < 1.29 is 9.53 Å². The molecule has 0 saturated carbocycles. The fraction of sp³-hybridized carbons (Fsp3) is 0.444. The van der Waals surface area contributed by atoms with Crippen LogP contribution in [0.15, 0.2) is 29.4 Å². The summed E-state index contributed by atoms with van der Waals surface area (Å²) < 4.78 is 5.14. The van der Waals surface area contributed by atoms with Gasteiger partial charge in [0, 0.05) is 5.56 Å². The van der Waals surface area contributed by atoms with Crippen LogP contribution >= 0.6 is 11.8 Å². The number of carbonyl (C=O) groups is 1. The molecule has 0 aliphatic rings. The third-order valence-corrected chi connectivity index (χ3v) is 5.21. The molecule has 138 valence electrons. The number of aromatic amines is 1. The highest BCUT2D eigenvalue weighted by Crippen LogP contribution is 2.25. The molecule has 8 heteroatoms. The SMILES string of the molecule is COc1ccc(-c2nc(S[C@@H](C)C(=O)N[C@@](C)(C#N)C(C)C)n[nH]2)cc1. The summed E-state index contributed by atoms with van der Waals surface area (Å²) >= 11 is 1.24. The Morgan fingerprint density at radius 1 is 1.35 bits per heavy atom. The van der Waals surface area contributed by atoms with Gasteiger partial charge in [-0.05, 0) is 44.0 Å². The normalized spacial score (nSPS) is 14.3. The molecule has 0 bridgehead atoms. The second kappa shape index (κ2) is 8.23. The number of nitrogens with zero attached hydrogens (tertiary/aromatic N) is 3. The summed E-state index contributed by atoms with van der Waals surface area (Å²) in [6.07, 6.45) is 0. The number of hydrogen-bond acceptors (Lipinski definition) is 6.